The van der Waals surface area contributed by atoms with Gasteiger partial charge in [-0.1, -0.05) is 30.3 Å². The maximum atomic E-state index is 11.9. The molecule has 0 unspecified atom stereocenters. The normalized spacial score (nSPS) is 13.1. The minimum absolute atomic E-state index is 0.113. The summed E-state index contributed by atoms with van der Waals surface area (Å²) in [6, 6.07) is 9.11. The standard InChI is InChI=1S/C12H17NO3S/c1-12(2,10-16-3)17(14,15)13-9-11-7-5-4-6-8-11/h4-9H,10H2,1-3H3. The van der Waals surface area contributed by atoms with Gasteiger partial charge in [0.2, 0.25) is 0 Å². The summed E-state index contributed by atoms with van der Waals surface area (Å²) < 4.78 is 31.4. The zero-order chi connectivity index (χ0) is 12.9. The number of ether oxygens (including phenoxy) is 1. The van der Waals surface area contributed by atoms with E-state index in [-0.39, 0.29) is 6.61 Å². The van der Waals surface area contributed by atoms with Gasteiger partial charge in [0.05, 0.1) is 6.61 Å². The van der Waals surface area contributed by atoms with Crippen molar-refractivity contribution in [1.82, 2.24) is 0 Å². The first-order valence-corrected chi connectivity index (χ1v) is 6.67. The third kappa shape index (κ3) is 3.64. The first-order chi connectivity index (χ1) is 7.89. The van der Waals surface area contributed by atoms with Crippen LogP contribution in [0.2, 0.25) is 0 Å². The lowest BCUT2D eigenvalue weighted by atomic mass is 10.2. The fourth-order valence-corrected chi connectivity index (χ4v) is 2.05. The van der Waals surface area contributed by atoms with E-state index < -0.39 is 14.8 Å². The second kappa shape index (κ2) is 5.42. The molecule has 0 radical (unpaired) electrons. The number of rotatable bonds is 5. The average Bonchev–Trinajstić information content (AvgIpc) is 2.28. The van der Waals surface area contributed by atoms with E-state index in [9.17, 15) is 8.42 Å². The molecule has 0 saturated heterocycles. The molecular weight excluding hydrogens is 238 g/mol. The number of nitrogens with zero attached hydrogens (tertiary/aromatic N) is 1. The Balaban J connectivity index is 2.91. The Morgan fingerprint density at radius 3 is 2.41 bits per heavy atom. The molecule has 0 fully saturated rings. The van der Waals surface area contributed by atoms with Crippen molar-refractivity contribution in [3.63, 3.8) is 0 Å². The number of benzene rings is 1. The molecular formula is C12H17NO3S. The van der Waals surface area contributed by atoms with Gasteiger partial charge in [-0.3, -0.25) is 0 Å². The molecule has 17 heavy (non-hydrogen) atoms. The predicted molar refractivity (Wildman–Crippen MR) is 68.9 cm³/mol. The molecule has 0 spiro atoms. The first-order valence-electron chi connectivity index (χ1n) is 5.23. The van der Waals surface area contributed by atoms with Crippen LogP contribution < -0.4 is 0 Å². The van der Waals surface area contributed by atoms with Crippen LogP contribution in [0.4, 0.5) is 0 Å². The van der Waals surface area contributed by atoms with Crippen LogP contribution in [0.25, 0.3) is 0 Å². The fraction of sp³-hybridized carbons (Fsp3) is 0.417. The zero-order valence-corrected chi connectivity index (χ0v) is 11.1. The van der Waals surface area contributed by atoms with Crippen LogP contribution in [0.15, 0.2) is 34.7 Å². The molecule has 0 bridgehead atoms. The molecule has 1 aromatic carbocycles. The van der Waals surface area contributed by atoms with Crippen molar-refractivity contribution in [3.8, 4) is 0 Å². The van der Waals surface area contributed by atoms with Crippen molar-refractivity contribution in [1.29, 1.82) is 0 Å². The van der Waals surface area contributed by atoms with Gasteiger partial charge in [-0.15, -0.1) is 0 Å². The molecule has 0 saturated carbocycles. The number of hydrogen-bond donors (Lipinski definition) is 0. The van der Waals surface area contributed by atoms with Crippen LogP contribution in [-0.2, 0) is 14.8 Å². The summed E-state index contributed by atoms with van der Waals surface area (Å²) in [6.45, 7) is 3.30. The van der Waals surface area contributed by atoms with E-state index in [0.29, 0.717) is 0 Å². The molecule has 0 N–H and O–H groups in total. The average molecular weight is 255 g/mol. The molecule has 94 valence electrons. The third-order valence-corrected chi connectivity index (χ3v) is 4.23. The van der Waals surface area contributed by atoms with Gasteiger partial charge in [0.1, 0.15) is 4.75 Å². The molecule has 1 aromatic rings. The molecule has 0 aliphatic carbocycles. The highest BCUT2D eigenvalue weighted by molar-refractivity contribution is 7.91. The second-order valence-electron chi connectivity index (χ2n) is 4.31. The largest absolute Gasteiger partial charge is 0.383 e. The summed E-state index contributed by atoms with van der Waals surface area (Å²) in [5.41, 5.74) is 0.754. The summed E-state index contributed by atoms with van der Waals surface area (Å²) in [7, 11) is -2.11. The number of hydrogen-bond acceptors (Lipinski definition) is 3. The van der Waals surface area contributed by atoms with E-state index in [1.165, 1.54) is 13.3 Å². The number of methoxy groups -OCH3 is 1. The SMILES string of the molecule is COCC(C)(C)S(=O)(=O)N=Cc1ccccc1. The van der Waals surface area contributed by atoms with Gasteiger partial charge < -0.3 is 4.74 Å². The van der Waals surface area contributed by atoms with Crippen molar-refractivity contribution >= 4 is 16.2 Å². The topological polar surface area (TPSA) is 55.7 Å². The second-order valence-corrected chi connectivity index (χ2v) is 6.58. The molecule has 0 aliphatic rings. The van der Waals surface area contributed by atoms with Gasteiger partial charge in [0.15, 0.2) is 0 Å². The third-order valence-electron chi connectivity index (χ3n) is 2.33. The van der Waals surface area contributed by atoms with Crippen molar-refractivity contribution < 1.29 is 13.2 Å². The van der Waals surface area contributed by atoms with E-state index in [2.05, 4.69) is 4.40 Å². The van der Waals surface area contributed by atoms with Crippen molar-refractivity contribution in [2.24, 2.45) is 4.40 Å². The Bertz CT molecular complexity index is 478. The lowest BCUT2D eigenvalue weighted by molar-refractivity contribution is 0.175. The van der Waals surface area contributed by atoms with E-state index in [4.69, 9.17) is 4.74 Å². The highest BCUT2D eigenvalue weighted by Crippen LogP contribution is 2.18. The molecule has 5 heteroatoms. The van der Waals surface area contributed by atoms with E-state index in [1.807, 2.05) is 18.2 Å². The number of sulfonamides is 1. The van der Waals surface area contributed by atoms with Crippen LogP contribution in [0.3, 0.4) is 0 Å². The molecule has 0 aliphatic heterocycles. The van der Waals surface area contributed by atoms with Crippen molar-refractivity contribution in [3.05, 3.63) is 35.9 Å². The molecule has 0 aromatic heterocycles. The highest BCUT2D eigenvalue weighted by Gasteiger charge is 2.33. The minimum atomic E-state index is -3.58. The van der Waals surface area contributed by atoms with Crippen LogP contribution in [0.1, 0.15) is 19.4 Å². The Morgan fingerprint density at radius 2 is 1.88 bits per heavy atom. The summed E-state index contributed by atoms with van der Waals surface area (Å²) in [5, 5.41) is 0. The predicted octanol–water partition coefficient (Wildman–Crippen LogP) is 1.86. The quantitative estimate of drug-likeness (QED) is 0.755. The van der Waals surface area contributed by atoms with Gasteiger partial charge in [-0.2, -0.15) is 4.40 Å². The zero-order valence-electron chi connectivity index (χ0n) is 10.3. The van der Waals surface area contributed by atoms with Gasteiger partial charge in [0.25, 0.3) is 10.0 Å². The molecule has 0 heterocycles. The summed E-state index contributed by atoms with van der Waals surface area (Å²) >= 11 is 0. The van der Waals surface area contributed by atoms with Gasteiger partial charge in [0, 0.05) is 13.3 Å². The monoisotopic (exact) mass is 255 g/mol. The maximum Gasteiger partial charge on any atom is 0.260 e. The van der Waals surface area contributed by atoms with Crippen molar-refractivity contribution in [2.75, 3.05) is 13.7 Å². The van der Waals surface area contributed by atoms with Crippen LogP contribution in [-0.4, -0.2) is 33.1 Å². The lowest BCUT2D eigenvalue weighted by Crippen LogP contribution is -2.35. The Hall–Kier alpha value is -1.20. The smallest absolute Gasteiger partial charge is 0.260 e. The Labute approximate surface area is 102 Å². The Morgan fingerprint density at radius 1 is 1.29 bits per heavy atom. The molecule has 4 nitrogen and oxygen atoms in total. The van der Waals surface area contributed by atoms with Gasteiger partial charge in [-0.25, -0.2) is 8.42 Å². The summed E-state index contributed by atoms with van der Waals surface area (Å²) in [6.07, 6.45) is 1.35. The first kappa shape index (κ1) is 13.9. The van der Waals surface area contributed by atoms with E-state index in [0.717, 1.165) is 5.56 Å². The van der Waals surface area contributed by atoms with Crippen molar-refractivity contribution in [2.45, 2.75) is 18.6 Å². The minimum Gasteiger partial charge on any atom is -0.383 e. The summed E-state index contributed by atoms with van der Waals surface area (Å²) in [5.74, 6) is 0. The fourth-order valence-electron chi connectivity index (χ4n) is 1.23. The van der Waals surface area contributed by atoms with Crippen LogP contribution >= 0.6 is 0 Å². The molecule has 0 atom stereocenters. The van der Waals surface area contributed by atoms with E-state index >= 15 is 0 Å². The highest BCUT2D eigenvalue weighted by atomic mass is 32.2. The van der Waals surface area contributed by atoms with E-state index in [1.54, 1.807) is 26.0 Å². The van der Waals surface area contributed by atoms with Crippen LogP contribution in [0.5, 0.6) is 0 Å². The van der Waals surface area contributed by atoms with Crippen LogP contribution in [0, 0.1) is 0 Å². The molecule has 0 amide bonds. The maximum absolute atomic E-state index is 11.9. The lowest BCUT2D eigenvalue weighted by Gasteiger charge is -2.20. The van der Waals surface area contributed by atoms with Gasteiger partial charge in [-0.05, 0) is 19.4 Å². The Kier molecular flexibility index (Phi) is 4.42. The summed E-state index contributed by atoms with van der Waals surface area (Å²) in [4.78, 5) is 0. The molecule has 1 rings (SSSR count). The van der Waals surface area contributed by atoms with Gasteiger partial charge >= 0.3 is 0 Å².